The number of allylic oxidation sites excluding steroid dienone is 1. The van der Waals surface area contributed by atoms with Gasteiger partial charge in [-0.1, -0.05) is 12.1 Å². The van der Waals surface area contributed by atoms with Crippen LogP contribution in [0.2, 0.25) is 0 Å². The first-order valence-corrected chi connectivity index (χ1v) is 8.23. The van der Waals surface area contributed by atoms with Gasteiger partial charge in [-0.3, -0.25) is 9.80 Å². The summed E-state index contributed by atoms with van der Waals surface area (Å²) >= 11 is 0. The third-order valence-corrected chi connectivity index (χ3v) is 5.02. The van der Waals surface area contributed by atoms with E-state index in [0.717, 1.165) is 37.2 Å². The molecule has 0 aliphatic carbocycles. The van der Waals surface area contributed by atoms with E-state index in [1.54, 1.807) is 18.2 Å². The number of amides is 1. The second kappa shape index (κ2) is 5.94. The van der Waals surface area contributed by atoms with E-state index in [1.165, 1.54) is 6.07 Å². The molecule has 0 saturated carbocycles. The minimum Gasteiger partial charge on any atom is -0.330 e. The fraction of sp³-hybridized carbons (Fsp3) is 0.471. The lowest BCUT2D eigenvalue weighted by Gasteiger charge is -2.39. The van der Waals surface area contributed by atoms with Gasteiger partial charge in [0.15, 0.2) is 0 Å². The van der Waals surface area contributed by atoms with E-state index in [2.05, 4.69) is 21.1 Å². The molecule has 0 radical (unpaired) electrons. The summed E-state index contributed by atoms with van der Waals surface area (Å²) < 4.78 is 13.5. The van der Waals surface area contributed by atoms with E-state index in [-0.39, 0.29) is 23.8 Å². The molecule has 3 aliphatic heterocycles. The van der Waals surface area contributed by atoms with E-state index in [0.29, 0.717) is 12.5 Å². The van der Waals surface area contributed by atoms with Crippen molar-refractivity contribution >= 4 is 5.91 Å². The van der Waals surface area contributed by atoms with Gasteiger partial charge in [0.1, 0.15) is 12.0 Å². The molecule has 1 aromatic rings. The van der Waals surface area contributed by atoms with E-state index < -0.39 is 0 Å². The third-order valence-electron chi connectivity index (χ3n) is 5.02. The number of nitrogens with one attached hydrogen (secondary N) is 3. The van der Waals surface area contributed by atoms with Crippen molar-refractivity contribution in [3.8, 4) is 0 Å². The van der Waals surface area contributed by atoms with Crippen LogP contribution >= 0.6 is 0 Å². The van der Waals surface area contributed by atoms with Crippen LogP contribution in [0.15, 0.2) is 36.0 Å². The zero-order valence-electron chi connectivity index (χ0n) is 12.9. The van der Waals surface area contributed by atoms with Crippen molar-refractivity contribution in [2.24, 2.45) is 5.92 Å². The minimum absolute atomic E-state index is 0.0417. The Kier molecular flexibility index (Phi) is 3.79. The van der Waals surface area contributed by atoms with Crippen molar-refractivity contribution in [3.05, 3.63) is 47.4 Å². The van der Waals surface area contributed by atoms with E-state index in [9.17, 15) is 9.18 Å². The van der Waals surface area contributed by atoms with E-state index >= 15 is 0 Å². The molecule has 122 valence electrons. The quantitative estimate of drug-likeness (QED) is 0.764. The molecule has 2 unspecified atom stereocenters. The number of hydrogen-bond donors (Lipinski definition) is 3. The molecule has 0 bridgehead atoms. The number of hydrazine groups is 1. The lowest BCUT2D eigenvalue weighted by molar-refractivity contribution is -0.119. The molecule has 3 heterocycles. The summed E-state index contributed by atoms with van der Waals surface area (Å²) in [4.78, 5) is 12.2. The number of nitrogens with zero attached hydrogens (tertiary/aromatic N) is 1. The third kappa shape index (κ3) is 2.72. The second-order valence-electron chi connectivity index (χ2n) is 6.44. The second-order valence-corrected chi connectivity index (χ2v) is 6.44. The fourth-order valence-corrected chi connectivity index (χ4v) is 3.86. The molecule has 1 amide bonds. The van der Waals surface area contributed by atoms with Gasteiger partial charge in [0, 0.05) is 30.2 Å². The molecule has 2 fully saturated rings. The van der Waals surface area contributed by atoms with Gasteiger partial charge in [-0.25, -0.2) is 9.82 Å². The molecule has 3 aliphatic rings. The normalized spacial score (nSPS) is 28.3. The Morgan fingerprint density at radius 1 is 1.22 bits per heavy atom. The average Bonchev–Trinajstić information content (AvgIpc) is 2.98. The van der Waals surface area contributed by atoms with Crippen LogP contribution in [0.5, 0.6) is 0 Å². The number of piperidine rings is 1. The van der Waals surface area contributed by atoms with Crippen LogP contribution < -0.4 is 16.1 Å². The van der Waals surface area contributed by atoms with Gasteiger partial charge in [-0.05, 0) is 43.6 Å². The maximum atomic E-state index is 13.5. The lowest BCUT2D eigenvalue weighted by atomic mass is 9.91. The SMILES string of the molecule is O=C1C=C(C2CCNCC2)N2NCC(c3cccc(F)c3)C2N1. The van der Waals surface area contributed by atoms with Crippen LogP contribution in [0.4, 0.5) is 4.39 Å². The highest BCUT2D eigenvalue weighted by molar-refractivity contribution is 5.89. The van der Waals surface area contributed by atoms with Gasteiger partial charge in [-0.2, -0.15) is 0 Å². The molecule has 5 nitrogen and oxygen atoms in total. The number of fused-ring (bicyclic) bond motifs is 1. The van der Waals surface area contributed by atoms with Crippen LogP contribution in [0.3, 0.4) is 0 Å². The van der Waals surface area contributed by atoms with Crippen molar-refractivity contribution in [2.75, 3.05) is 19.6 Å². The minimum atomic E-state index is -0.239. The van der Waals surface area contributed by atoms with Gasteiger partial charge in [0.2, 0.25) is 5.91 Å². The Morgan fingerprint density at radius 2 is 2.04 bits per heavy atom. The van der Waals surface area contributed by atoms with Gasteiger partial charge in [-0.15, -0.1) is 0 Å². The van der Waals surface area contributed by atoms with Crippen molar-refractivity contribution in [1.82, 2.24) is 21.1 Å². The molecule has 6 heteroatoms. The zero-order valence-corrected chi connectivity index (χ0v) is 12.9. The zero-order chi connectivity index (χ0) is 15.8. The molecule has 2 atom stereocenters. The average molecular weight is 316 g/mol. The molecular weight excluding hydrogens is 295 g/mol. The number of carbonyl (C=O) groups excluding carboxylic acids is 1. The Labute approximate surface area is 134 Å². The first kappa shape index (κ1) is 14.7. The van der Waals surface area contributed by atoms with Crippen molar-refractivity contribution in [1.29, 1.82) is 0 Å². The highest BCUT2D eigenvalue weighted by atomic mass is 19.1. The fourth-order valence-electron chi connectivity index (χ4n) is 3.86. The highest BCUT2D eigenvalue weighted by Gasteiger charge is 2.41. The largest absolute Gasteiger partial charge is 0.330 e. The first-order chi connectivity index (χ1) is 11.2. The number of rotatable bonds is 2. The highest BCUT2D eigenvalue weighted by Crippen LogP contribution is 2.34. The molecule has 2 saturated heterocycles. The summed E-state index contributed by atoms with van der Waals surface area (Å²) in [6, 6.07) is 6.66. The Morgan fingerprint density at radius 3 is 2.83 bits per heavy atom. The van der Waals surface area contributed by atoms with Crippen molar-refractivity contribution < 1.29 is 9.18 Å². The predicted octanol–water partition coefficient (Wildman–Crippen LogP) is 1.07. The topological polar surface area (TPSA) is 56.4 Å². The summed E-state index contributed by atoms with van der Waals surface area (Å²) in [6.07, 6.45) is 3.63. The van der Waals surface area contributed by atoms with Crippen LogP contribution in [-0.4, -0.2) is 36.7 Å². The molecule has 0 aromatic heterocycles. The maximum absolute atomic E-state index is 13.5. The number of halogens is 1. The van der Waals surface area contributed by atoms with Gasteiger partial charge >= 0.3 is 0 Å². The molecule has 4 rings (SSSR count). The van der Waals surface area contributed by atoms with Crippen LogP contribution in [-0.2, 0) is 4.79 Å². The number of carbonyl (C=O) groups is 1. The van der Waals surface area contributed by atoms with Gasteiger partial charge < -0.3 is 10.6 Å². The Balaban J connectivity index is 1.61. The molecular formula is C17H21FN4O. The number of hydrogen-bond acceptors (Lipinski definition) is 4. The van der Waals surface area contributed by atoms with Crippen LogP contribution in [0.1, 0.15) is 24.3 Å². The first-order valence-electron chi connectivity index (χ1n) is 8.23. The summed E-state index contributed by atoms with van der Waals surface area (Å²) in [5.41, 5.74) is 5.38. The summed E-state index contributed by atoms with van der Waals surface area (Å²) in [7, 11) is 0. The molecule has 0 spiro atoms. The maximum Gasteiger partial charge on any atom is 0.247 e. The van der Waals surface area contributed by atoms with E-state index in [1.807, 2.05) is 6.07 Å². The molecule has 23 heavy (non-hydrogen) atoms. The predicted molar refractivity (Wildman–Crippen MR) is 84.6 cm³/mol. The van der Waals surface area contributed by atoms with Crippen LogP contribution in [0.25, 0.3) is 0 Å². The summed E-state index contributed by atoms with van der Waals surface area (Å²) in [6.45, 7) is 2.65. The number of benzene rings is 1. The summed E-state index contributed by atoms with van der Waals surface area (Å²) in [5.74, 6) is 0.144. The van der Waals surface area contributed by atoms with Crippen molar-refractivity contribution in [2.45, 2.75) is 24.9 Å². The molecule has 1 aromatic carbocycles. The monoisotopic (exact) mass is 316 g/mol. The molecule has 3 N–H and O–H groups in total. The standard InChI is InChI=1S/C17H21FN4O/c18-13-3-1-2-12(8-13)14-10-20-22-15(9-16(23)21-17(14)22)11-4-6-19-7-5-11/h1-3,8-9,11,14,17,19-20H,4-7,10H2,(H,21,23). The smallest absolute Gasteiger partial charge is 0.247 e. The Bertz CT molecular complexity index is 641. The van der Waals surface area contributed by atoms with Crippen molar-refractivity contribution in [3.63, 3.8) is 0 Å². The van der Waals surface area contributed by atoms with E-state index in [4.69, 9.17) is 0 Å². The lowest BCUT2D eigenvalue weighted by Crippen LogP contribution is -2.53. The summed E-state index contributed by atoms with van der Waals surface area (Å²) in [5, 5.41) is 8.47. The Hall–Kier alpha value is -1.92. The van der Waals surface area contributed by atoms with Crippen LogP contribution in [0, 0.1) is 11.7 Å². The van der Waals surface area contributed by atoms with Gasteiger partial charge in [0.05, 0.1) is 0 Å². The van der Waals surface area contributed by atoms with Gasteiger partial charge in [0.25, 0.3) is 0 Å².